The van der Waals surface area contributed by atoms with Gasteiger partial charge in [-0.15, -0.1) is 0 Å². The Hall–Kier alpha value is -0.410. The van der Waals surface area contributed by atoms with E-state index in [0.29, 0.717) is 29.5 Å². The molecule has 29 heavy (non-hydrogen) atoms. The number of hydrogen-bond acceptors (Lipinski definition) is 3. The fourth-order valence-corrected chi connectivity index (χ4v) is 9.23. The molecule has 4 saturated carbocycles. The maximum Gasteiger partial charge on any atom is 0.139 e. The quantitative estimate of drug-likeness (QED) is 0.675. The lowest BCUT2D eigenvalue weighted by atomic mass is 9.41. The normalized spacial score (nSPS) is 53.1. The first-order chi connectivity index (χ1) is 13.7. The molecule has 0 aromatic carbocycles. The highest BCUT2D eigenvalue weighted by Crippen LogP contribution is 2.68. The predicted molar refractivity (Wildman–Crippen MR) is 116 cm³/mol. The second-order valence-electron chi connectivity index (χ2n) is 11.8. The van der Waals surface area contributed by atoms with Gasteiger partial charge in [-0.25, -0.2) is 0 Å². The third-order valence-electron chi connectivity index (χ3n) is 10.7. The summed E-state index contributed by atoms with van der Waals surface area (Å²) in [4.78, 5) is 13.9. The van der Waals surface area contributed by atoms with E-state index >= 15 is 0 Å². The van der Waals surface area contributed by atoms with Crippen LogP contribution < -0.4 is 0 Å². The van der Waals surface area contributed by atoms with Gasteiger partial charge in [-0.3, -0.25) is 4.79 Å². The summed E-state index contributed by atoms with van der Waals surface area (Å²) in [5.74, 6) is 2.80. The molecule has 4 aliphatic rings. The van der Waals surface area contributed by atoms with Gasteiger partial charge in [0.05, 0.1) is 12.2 Å². The van der Waals surface area contributed by atoms with Crippen LogP contribution in [0.4, 0.5) is 0 Å². The van der Waals surface area contributed by atoms with Crippen LogP contribution in [-0.2, 0) is 4.79 Å². The third kappa shape index (κ3) is 3.00. The summed E-state index contributed by atoms with van der Waals surface area (Å²) in [7, 11) is 0. The molecule has 11 atom stereocenters. The Balaban J connectivity index is 1.72. The molecule has 0 bridgehead atoms. The summed E-state index contributed by atoms with van der Waals surface area (Å²) in [6.45, 7) is 11.5. The molecule has 0 aromatic heterocycles. The standard InChI is InChI=1S/C26H44O3/c1-6-8-15(3)18-9-10-19-23-21(14-22(28)26(18,19)5)25(4)12-11-16(27)13-20(25)17(7-2)24(23)29/h15-23,27-28H,6-14H2,1-5H3/t15-,16-,17-,18-,19?,20+,21?,22+,23?,25+,26-/m1/s1. The van der Waals surface area contributed by atoms with E-state index in [1.165, 1.54) is 19.3 Å². The third-order valence-corrected chi connectivity index (χ3v) is 10.7. The second-order valence-corrected chi connectivity index (χ2v) is 11.8. The van der Waals surface area contributed by atoms with Gasteiger partial charge in [0.1, 0.15) is 5.78 Å². The lowest BCUT2D eigenvalue weighted by molar-refractivity contribution is -0.192. The van der Waals surface area contributed by atoms with Crippen LogP contribution in [0.25, 0.3) is 0 Å². The minimum Gasteiger partial charge on any atom is -0.393 e. The largest absolute Gasteiger partial charge is 0.393 e. The molecule has 3 unspecified atom stereocenters. The molecule has 4 fully saturated rings. The Morgan fingerprint density at radius 3 is 2.41 bits per heavy atom. The molecule has 4 aliphatic carbocycles. The smallest absolute Gasteiger partial charge is 0.139 e. The summed E-state index contributed by atoms with van der Waals surface area (Å²) in [6, 6.07) is 0. The Kier molecular flexibility index (Phi) is 5.73. The van der Waals surface area contributed by atoms with E-state index in [1.54, 1.807) is 0 Å². The Morgan fingerprint density at radius 2 is 1.76 bits per heavy atom. The molecular weight excluding hydrogens is 360 g/mol. The van der Waals surface area contributed by atoms with Crippen molar-refractivity contribution in [3.05, 3.63) is 0 Å². The SMILES string of the molecule is CCC[C@@H](C)[C@H]1CCC2C3C(=O)[C@H](CC)[C@@H]4C[C@H](O)CC[C@]4(C)C3C[C@H](O)[C@@]21C. The molecule has 0 aromatic rings. The van der Waals surface area contributed by atoms with Crippen molar-refractivity contribution < 1.29 is 15.0 Å². The summed E-state index contributed by atoms with van der Waals surface area (Å²) < 4.78 is 0. The van der Waals surface area contributed by atoms with Crippen molar-refractivity contribution in [1.29, 1.82) is 0 Å². The lowest BCUT2D eigenvalue weighted by Gasteiger charge is -2.63. The van der Waals surface area contributed by atoms with Gasteiger partial charge in [0, 0.05) is 17.3 Å². The molecule has 0 amide bonds. The van der Waals surface area contributed by atoms with Crippen molar-refractivity contribution in [1.82, 2.24) is 0 Å². The van der Waals surface area contributed by atoms with E-state index in [2.05, 4.69) is 34.6 Å². The van der Waals surface area contributed by atoms with Gasteiger partial charge in [-0.1, -0.05) is 47.5 Å². The lowest BCUT2D eigenvalue weighted by Crippen LogP contribution is -2.63. The second kappa shape index (κ2) is 7.62. The molecule has 3 nitrogen and oxygen atoms in total. The molecule has 3 heteroatoms. The first-order valence-corrected chi connectivity index (χ1v) is 12.6. The predicted octanol–water partition coefficient (Wildman–Crippen LogP) is 5.23. The number of fused-ring (bicyclic) bond motifs is 5. The molecule has 0 saturated heterocycles. The minimum atomic E-state index is -0.296. The van der Waals surface area contributed by atoms with Gasteiger partial charge in [0.15, 0.2) is 0 Å². The van der Waals surface area contributed by atoms with Crippen LogP contribution in [0, 0.1) is 52.3 Å². The first-order valence-electron chi connectivity index (χ1n) is 12.6. The van der Waals surface area contributed by atoms with Gasteiger partial charge >= 0.3 is 0 Å². The van der Waals surface area contributed by atoms with Gasteiger partial charge in [-0.05, 0) is 80.0 Å². The number of aliphatic hydroxyl groups excluding tert-OH is 2. The number of carbonyl (C=O) groups excluding carboxylic acids is 1. The number of carbonyl (C=O) groups is 1. The zero-order chi connectivity index (χ0) is 21.1. The van der Waals surface area contributed by atoms with Crippen molar-refractivity contribution in [2.75, 3.05) is 0 Å². The van der Waals surface area contributed by atoms with E-state index in [9.17, 15) is 15.0 Å². The van der Waals surface area contributed by atoms with Crippen molar-refractivity contribution in [3.63, 3.8) is 0 Å². The van der Waals surface area contributed by atoms with E-state index in [4.69, 9.17) is 0 Å². The highest BCUT2D eigenvalue weighted by atomic mass is 16.3. The van der Waals surface area contributed by atoms with Crippen LogP contribution in [0.5, 0.6) is 0 Å². The van der Waals surface area contributed by atoms with E-state index < -0.39 is 0 Å². The summed E-state index contributed by atoms with van der Waals surface area (Å²) in [5, 5.41) is 22.0. The molecule has 0 radical (unpaired) electrons. The monoisotopic (exact) mass is 404 g/mol. The average Bonchev–Trinajstić information content (AvgIpc) is 3.03. The van der Waals surface area contributed by atoms with Gasteiger partial charge in [0.2, 0.25) is 0 Å². The maximum atomic E-state index is 13.9. The maximum absolute atomic E-state index is 13.9. The zero-order valence-corrected chi connectivity index (χ0v) is 19.4. The zero-order valence-electron chi connectivity index (χ0n) is 19.4. The van der Waals surface area contributed by atoms with E-state index in [0.717, 1.165) is 38.5 Å². The number of hydrogen-bond donors (Lipinski definition) is 2. The van der Waals surface area contributed by atoms with Crippen LogP contribution in [0.1, 0.15) is 92.4 Å². The van der Waals surface area contributed by atoms with Crippen molar-refractivity contribution in [2.24, 2.45) is 52.3 Å². The molecule has 0 heterocycles. The van der Waals surface area contributed by atoms with Crippen molar-refractivity contribution >= 4 is 5.78 Å². The highest BCUT2D eigenvalue weighted by molar-refractivity contribution is 5.86. The molecule has 0 aliphatic heterocycles. The average molecular weight is 405 g/mol. The van der Waals surface area contributed by atoms with Crippen LogP contribution in [0.3, 0.4) is 0 Å². The molecule has 166 valence electrons. The van der Waals surface area contributed by atoms with Gasteiger partial charge in [-0.2, -0.15) is 0 Å². The highest BCUT2D eigenvalue weighted by Gasteiger charge is 2.67. The molecule has 2 N–H and O–H groups in total. The molecular formula is C26H44O3. The van der Waals surface area contributed by atoms with Crippen LogP contribution >= 0.6 is 0 Å². The Labute approximate surface area is 178 Å². The minimum absolute atomic E-state index is 0.0912. The molecule has 0 spiro atoms. The summed E-state index contributed by atoms with van der Waals surface area (Å²) in [6.07, 6.45) is 8.48. The fraction of sp³-hybridized carbons (Fsp3) is 0.962. The molecule has 4 rings (SSSR count). The van der Waals surface area contributed by atoms with Crippen molar-refractivity contribution in [3.8, 4) is 0 Å². The van der Waals surface area contributed by atoms with Gasteiger partial charge < -0.3 is 10.2 Å². The number of aliphatic hydroxyl groups is 2. The van der Waals surface area contributed by atoms with Gasteiger partial charge in [0.25, 0.3) is 0 Å². The van der Waals surface area contributed by atoms with Crippen LogP contribution in [0.15, 0.2) is 0 Å². The summed E-state index contributed by atoms with van der Waals surface area (Å²) >= 11 is 0. The van der Waals surface area contributed by atoms with Crippen LogP contribution in [-0.4, -0.2) is 28.2 Å². The number of ketones is 1. The Bertz CT molecular complexity index is 631. The van der Waals surface area contributed by atoms with E-state index in [1.807, 2.05) is 0 Å². The van der Waals surface area contributed by atoms with Crippen molar-refractivity contribution in [2.45, 2.75) is 105 Å². The first kappa shape index (κ1) is 21.8. The fourth-order valence-electron chi connectivity index (χ4n) is 9.23. The topological polar surface area (TPSA) is 57.5 Å². The number of Topliss-reactive ketones (excluding diaryl/α,β-unsaturated/α-hetero) is 1. The number of rotatable bonds is 4. The van der Waals surface area contributed by atoms with Crippen LogP contribution in [0.2, 0.25) is 0 Å². The summed E-state index contributed by atoms with van der Waals surface area (Å²) in [5.41, 5.74) is -0.0189. The van der Waals surface area contributed by atoms with E-state index in [-0.39, 0.29) is 40.8 Å². The Morgan fingerprint density at radius 1 is 1.03 bits per heavy atom.